The first-order valence-corrected chi connectivity index (χ1v) is 10.4. The number of nitrogens with one attached hydrogen (secondary N) is 1. The van der Waals surface area contributed by atoms with Crippen LogP contribution >= 0.6 is 0 Å². The molecule has 1 aromatic heterocycles. The number of rotatable bonds is 9. The van der Waals surface area contributed by atoms with E-state index in [4.69, 9.17) is 9.47 Å². The number of pyridine rings is 1. The molecule has 7 nitrogen and oxygen atoms in total. The van der Waals surface area contributed by atoms with Gasteiger partial charge in [-0.1, -0.05) is 42.8 Å². The van der Waals surface area contributed by atoms with E-state index >= 15 is 0 Å². The van der Waals surface area contributed by atoms with Crippen molar-refractivity contribution in [1.29, 1.82) is 0 Å². The summed E-state index contributed by atoms with van der Waals surface area (Å²) in [5.74, 6) is 0.551. The maximum absolute atomic E-state index is 12.8. The zero-order chi connectivity index (χ0) is 22.9. The maximum Gasteiger partial charge on any atom is 0.276 e. The molecule has 3 rings (SSSR count). The molecule has 1 heterocycles. The quantitative estimate of drug-likeness (QED) is 0.411. The number of carbonyl (C=O) groups is 1. The molecule has 166 valence electrons. The Labute approximate surface area is 187 Å². The van der Waals surface area contributed by atoms with Crippen molar-refractivity contribution >= 4 is 12.1 Å². The summed E-state index contributed by atoms with van der Waals surface area (Å²) in [6.45, 7) is 4.91. The van der Waals surface area contributed by atoms with Crippen LogP contribution < -0.4 is 20.5 Å². The first-order chi connectivity index (χ1) is 15.5. The Hall–Kier alpha value is -3.87. The van der Waals surface area contributed by atoms with Gasteiger partial charge in [-0.15, -0.1) is 0 Å². The number of methoxy groups -OCH3 is 1. The molecule has 0 atom stereocenters. The fraction of sp³-hybridized carbons (Fsp3) is 0.240. The third-order valence-electron chi connectivity index (χ3n) is 4.75. The van der Waals surface area contributed by atoms with Crippen molar-refractivity contribution in [3.63, 3.8) is 0 Å². The van der Waals surface area contributed by atoms with E-state index < -0.39 is 5.91 Å². The van der Waals surface area contributed by atoms with Gasteiger partial charge in [-0.3, -0.25) is 9.59 Å². The number of amides is 1. The first kappa shape index (κ1) is 22.8. The van der Waals surface area contributed by atoms with Crippen LogP contribution in [0.3, 0.4) is 0 Å². The van der Waals surface area contributed by atoms with Crippen LogP contribution in [0.4, 0.5) is 0 Å². The lowest BCUT2D eigenvalue weighted by molar-refractivity contribution is 0.0953. The maximum atomic E-state index is 12.8. The largest absolute Gasteiger partial charge is 0.493 e. The van der Waals surface area contributed by atoms with Crippen LogP contribution in [-0.2, 0) is 6.54 Å². The van der Waals surface area contributed by atoms with Crippen molar-refractivity contribution in [2.45, 2.75) is 26.8 Å². The molecule has 0 aliphatic carbocycles. The molecule has 0 bridgehead atoms. The van der Waals surface area contributed by atoms with Gasteiger partial charge < -0.3 is 14.0 Å². The number of ether oxygens (including phenoxy) is 2. The molecule has 3 aromatic rings. The van der Waals surface area contributed by atoms with E-state index in [1.165, 1.54) is 16.8 Å². The highest BCUT2D eigenvalue weighted by molar-refractivity contribution is 5.94. The van der Waals surface area contributed by atoms with Crippen molar-refractivity contribution in [2.75, 3.05) is 13.7 Å². The van der Waals surface area contributed by atoms with Gasteiger partial charge in [0.1, 0.15) is 5.56 Å². The molecule has 1 amide bonds. The minimum atomic E-state index is -0.580. The lowest BCUT2D eigenvalue weighted by Gasteiger charge is -2.12. The van der Waals surface area contributed by atoms with Crippen molar-refractivity contribution in [3.05, 3.63) is 93.4 Å². The summed E-state index contributed by atoms with van der Waals surface area (Å²) in [6.07, 6.45) is 3.98. The Bertz CT molecular complexity index is 1170. The molecule has 0 saturated heterocycles. The van der Waals surface area contributed by atoms with Crippen LogP contribution in [0.15, 0.2) is 70.7 Å². The van der Waals surface area contributed by atoms with Crippen molar-refractivity contribution in [1.82, 2.24) is 9.99 Å². The van der Waals surface area contributed by atoms with Crippen molar-refractivity contribution < 1.29 is 14.3 Å². The third kappa shape index (κ3) is 5.63. The highest BCUT2D eigenvalue weighted by Gasteiger charge is 2.13. The number of hydrazone groups is 1. The van der Waals surface area contributed by atoms with Crippen LogP contribution in [0.2, 0.25) is 0 Å². The van der Waals surface area contributed by atoms with E-state index in [2.05, 4.69) is 10.5 Å². The minimum Gasteiger partial charge on any atom is -0.493 e. The number of hydrogen-bond donors (Lipinski definition) is 1. The summed E-state index contributed by atoms with van der Waals surface area (Å²) in [5, 5.41) is 4.02. The average Bonchev–Trinajstić information content (AvgIpc) is 2.79. The summed E-state index contributed by atoms with van der Waals surface area (Å²) in [7, 11) is 1.56. The van der Waals surface area contributed by atoms with Crippen molar-refractivity contribution in [2.24, 2.45) is 5.10 Å². The monoisotopic (exact) mass is 433 g/mol. The van der Waals surface area contributed by atoms with Crippen LogP contribution in [0, 0.1) is 6.92 Å². The van der Waals surface area contributed by atoms with Gasteiger partial charge in [0.05, 0.1) is 26.5 Å². The smallest absolute Gasteiger partial charge is 0.276 e. The highest BCUT2D eigenvalue weighted by Crippen LogP contribution is 2.30. The van der Waals surface area contributed by atoms with Gasteiger partial charge in [-0.25, -0.2) is 5.43 Å². The molecule has 0 aliphatic rings. The third-order valence-corrected chi connectivity index (χ3v) is 4.75. The molecule has 0 saturated carbocycles. The summed E-state index contributed by atoms with van der Waals surface area (Å²) in [5.41, 5.74) is 4.82. The number of para-hydroxylation sites is 1. The van der Waals surface area contributed by atoms with E-state index in [1.54, 1.807) is 31.5 Å². The lowest BCUT2D eigenvalue weighted by atomic mass is 10.1. The van der Waals surface area contributed by atoms with E-state index in [0.29, 0.717) is 30.2 Å². The second-order valence-corrected chi connectivity index (χ2v) is 7.27. The number of aromatic nitrogens is 1. The standard InChI is InChI=1S/C25H27N3O4/c1-4-14-32-23-20(10-6-12-22(23)31-3)16-26-27-24(29)21-11-7-13-28(25(21)30)17-19-9-5-8-18(2)15-19/h5-13,15-16H,4,14,17H2,1-3H3,(H,27,29)/b26-16-. The van der Waals surface area contributed by atoms with Gasteiger partial charge in [0, 0.05) is 11.8 Å². The molecular weight excluding hydrogens is 406 g/mol. The second-order valence-electron chi connectivity index (χ2n) is 7.27. The summed E-state index contributed by atoms with van der Waals surface area (Å²) in [4.78, 5) is 25.4. The Balaban J connectivity index is 1.76. The van der Waals surface area contributed by atoms with Crippen LogP contribution in [0.25, 0.3) is 0 Å². The van der Waals surface area contributed by atoms with Gasteiger partial charge in [0.15, 0.2) is 11.5 Å². The number of hydrogen-bond acceptors (Lipinski definition) is 5. The Kier molecular flexibility index (Phi) is 7.80. The fourth-order valence-corrected chi connectivity index (χ4v) is 3.22. The molecule has 32 heavy (non-hydrogen) atoms. The molecule has 0 fully saturated rings. The predicted octanol–water partition coefficient (Wildman–Crippen LogP) is 3.77. The normalized spacial score (nSPS) is 10.8. The predicted molar refractivity (Wildman–Crippen MR) is 125 cm³/mol. The van der Waals surface area contributed by atoms with Crippen LogP contribution in [0.5, 0.6) is 11.5 Å². The molecule has 0 radical (unpaired) electrons. The molecule has 7 heteroatoms. The fourth-order valence-electron chi connectivity index (χ4n) is 3.22. The molecular formula is C25H27N3O4. The molecule has 2 aromatic carbocycles. The molecule has 0 aliphatic heterocycles. The molecule has 1 N–H and O–H groups in total. The number of nitrogens with zero attached hydrogens (tertiary/aromatic N) is 2. The van der Waals surface area contributed by atoms with E-state index in [1.807, 2.05) is 44.2 Å². The van der Waals surface area contributed by atoms with E-state index in [9.17, 15) is 9.59 Å². The van der Waals surface area contributed by atoms with Gasteiger partial charge in [-0.05, 0) is 43.2 Å². The Morgan fingerprint density at radius 2 is 1.97 bits per heavy atom. The second kappa shape index (κ2) is 10.9. The van der Waals surface area contributed by atoms with Gasteiger partial charge in [-0.2, -0.15) is 5.10 Å². The van der Waals surface area contributed by atoms with Gasteiger partial charge >= 0.3 is 0 Å². The lowest BCUT2D eigenvalue weighted by Crippen LogP contribution is -2.30. The zero-order valence-corrected chi connectivity index (χ0v) is 18.5. The highest BCUT2D eigenvalue weighted by atomic mass is 16.5. The van der Waals surface area contributed by atoms with E-state index in [0.717, 1.165) is 17.5 Å². The SMILES string of the molecule is CCCOc1c(/C=N\NC(=O)c2cccn(Cc3cccc(C)c3)c2=O)cccc1OC. The molecule has 0 spiro atoms. The van der Waals surface area contributed by atoms with Crippen LogP contribution in [0.1, 0.15) is 40.4 Å². The van der Waals surface area contributed by atoms with Gasteiger partial charge in [0.2, 0.25) is 0 Å². The number of carbonyl (C=O) groups excluding carboxylic acids is 1. The van der Waals surface area contributed by atoms with Gasteiger partial charge in [0.25, 0.3) is 11.5 Å². The topological polar surface area (TPSA) is 81.9 Å². The zero-order valence-electron chi connectivity index (χ0n) is 18.5. The van der Waals surface area contributed by atoms with Crippen LogP contribution in [-0.4, -0.2) is 30.4 Å². The number of aryl methyl sites for hydroxylation is 1. The average molecular weight is 434 g/mol. The number of benzene rings is 2. The summed E-state index contributed by atoms with van der Waals surface area (Å²) < 4.78 is 12.6. The Morgan fingerprint density at radius 3 is 2.72 bits per heavy atom. The first-order valence-electron chi connectivity index (χ1n) is 10.4. The van der Waals surface area contributed by atoms with Crippen molar-refractivity contribution in [3.8, 4) is 11.5 Å². The molecule has 0 unspecified atom stereocenters. The Morgan fingerprint density at radius 1 is 1.16 bits per heavy atom. The van der Waals surface area contributed by atoms with E-state index in [-0.39, 0.29) is 11.1 Å². The minimum absolute atomic E-state index is 0.0189. The summed E-state index contributed by atoms with van der Waals surface area (Å²) >= 11 is 0. The summed E-state index contributed by atoms with van der Waals surface area (Å²) in [6, 6.07) is 16.5.